The maximum atomic E-state index is 12.3. The minimum atomic E-state index is -0.484. The van der Waals surface area contributed by atoms with Crippen LogP contribution >= 0.6 is 0 Å². The third-order valence-corrected chi connectivity index (χ3v) is 5.29. The van der Waals surface area contributed by atoms with Crippen LogP contribution in [0.1, 0.15) is 47.3 Å². The average Bonchev–Trinajstić information content (AvgIpc) is 2.79. The van der Waals surface area contributed by atoms with Gasteiger partial charge in [0.1, 0.15) is 19.6 Å². The lowest BCUT2D eigenvalue weighted by molar-refractivity contribution is -0.921. The predicted molar refractivity (Wildman–Crippen MR) is 114 cm³/mol. The van der Waals surface area contributed by atoms with E-state index in [1.54, 1.807) is 12.1 Å². The van der Waals surface area contributed by atoms with Gasteiger partial charge in [0.25, 0.3) is 5.91 Å². The van der Waals surface area contributed by atoms with Gasteiger partial charge >= 0.3 is 5.97 Å². The molecule has 1 fully saturated rings. The van der Waals surface area contributed by atoms with Crippen LogP contribution in [-0.2, 0) is 20.8 Å². The lowest BCUT2D eigenvalue weighted by Crippen LogP contribution is -3.12. The molecule has 2 aromatic carbocycles. The van der Waals surface area contributed by atoms with Crippen LogP contribution in [0.4, 0.5) is 0 Å². The van der Waals surface area contributed by atoms with Gasteiger partial charge in [0.15, 0.2) is 6.61 Å². The van der Waals surface area contributed by atoms with Crippen molar-refractivity contribution in [2.24, 2.45) is 0 Å². The van der Waals surface area contributed by atoms with E-state index >= 15 is 0 Å². The number of esters is 1. The Kier molecular flexibility index (Phi) is 8.41. The number of carbonyl (C=O) groups is 2. The molecule has 0 radical (unpaired) electrons. The molecule has 0 aromatic heterocycles. The number of amides is 1. The summed E-state index contributed by atoms with van der Waals surface area (Å²) >= 11 is 0. The van der Waals surface area contributed by atoms with E-state index in [0.717, 1.165) is 51.3 Å². The molecule has 1 aliphatic heterocycles. The predicted octanol–water partition coefficient (Wildman–Crippen LogP) is 1.92. The van der Waals surface area contributed by atoms with Crippen molar-refractivity contribution in [3.63, 3.8) is 0 Å². The van der Waals surface area contributed by atoms with Crippen LogP contribution in [0.2, 0.25) is 0 Å². The summed E-state index contributed by atoms with van der Waals surface area (Å²) in [6.45, 7) is 6.30. The first-order valence-corrected chi connectivity index (χ1v) is 10.7. The summed E-state index contributed by atoms with van der Waals surface area (Å²) < 4.78 is 10.6. The second-order valence-corrected chi connectivity index (χ2v) is 7.63. The van der Waals surface area contributed by atoms with Crippen LogP contribution in [0.5, 0.6) is 0 Å². The summed E-state index contributed by atoms with van der Waals surface area (Å²) in [4.78, 5) is 26.1. The Morgan fingerprint density at radius 2 is 1.77 bits per heavy atom. The molecule has 1 amide bonds. The highest BCUT2D eigenvalue weighted by atomic mass is 16.5. The molecular formula is C24H31N2O4+. The van der Waals surface area contributed by atoms with Crippen molar-refractivity contribution >= 4 is 11.9 Å². The molecule has 1 atom stereocenters. The molecule has 2 aromatic rings. The van der Waals surface area contributed by atoms with E-state index in [1.165, 1.54) is 10.5 Å². The molecule has 0 bridgehead atoms. The normalized spacial score (nSPS) is 15.4. The van der Waals surface area contributed by atoms with Gasteiger partial charge in [-0.05, 0) is 24.1 Å². The standard InChI is InChI=1S/C24H30N2O4/c1-2-6-22(20-7-4-3-5-8-20)25-23(27)18-30-24(28)21-11-9-19(10-12-21)17-26-13-15-29-16-14-26/h3-5,7-12,22H,2,6,13-18H2,1H3,(H,25,27)/p+1/t22-/m0/s1. The molecule has 3 rings (SSSR count). The van der Waals surface area contributed by atoms with Crippen molar-refractivity contribution in [2.75, 3.05) is 32.9 Å². The van der Waals surface area contributed by atoms with Crippen molar-refractivity contribution in [1.29, 1.82) is 0 Å². The van der Waals surface area contributed by atoms with Crippen LogP contribution in [0.15, 0.2) is 54.6 Å². The van der Waals surface area contributed by atoms with Gasteiger partial charge in [0.2, 0.25) is 0 Å². The van der Waals surface area contributed by atoms with Gasteiger partial charge in [0, 0.05) is 5.56 Å². The van der Waals surface area contributed by atoms with Gasteiger partial charge in [-0.3, -0.25) is 4.79 Å². The first-order valence-electron chi connectivity index (χ1n) is 10.7. The van der Waals surface area contributed by atoms with E-state index in [9.17, 15) is 9.59 Å². The van der Waals surface area contributed by atoms with Crippen LogP contribution in [0, 0.1) is 0 Å². The van der Waals surface area contributed by atoms with Gasteiger partial charge < -0.3 is 19.7 Å². The monoisotopic (exact) mass is 411 g/mol. The fourth-order valence-corrected chi connectivity index (χ4v) is 3.63. The molecule has 0 aliphatic carbocycles. The molecule has 0 spiro atoms. The zero-order valence-electron chi connectivity index (χ0n) is 17.6. The number of ether oxygens (including phenoxy) is 2. The molecule has 1 aliphatic rings. The summed E-state index contributed by atoms with van der Waals surface area (Å²) in [5, 5.41) is 2.97. The Hall–Kier alpha value is -2.70. The highest BCUT2D eigenvalue weighted by Crippen LogP contribution is 2.18. The molecule has 0 unspecified atom stereocenters. The number of benzene rings is 2. The Balaban J connectivity index is 1.47. The SMILES string of the molecule is CCC[C@H](NC(=O)COC(=O)c1ccc(C[NH+]2CCOCC2)cc1)c1ccccc1. The summed E-state index contributed by atoms with van der Waals surface area (Å²) in [6.07, 6.45) is 1.77. The Morgan fingerprint density at radius 1 is 1.07 bits per heavy atom. The van der Waals surface area contributed by atoms with Crippen molar-refractivity contribution in [3.05, 3.63) is 71.3 Å². The zero-order valence-corrected chi connectivity index (χ0v) is 17.6. The summed E-state index contributed by atoms with van der Waals surface area (Å²) in [6, 6.07) is 17.2. The quantitative estimate of drug-likeness (QED) is 0.619. The molecular weight excluding hydrogens is 380 g/mol. The lowest BCUT2D eigenvalue weighted by Gasteiger charge is -2.23. The minimum absolute atomic E-state index is 0.0793. The van der Waals surface area contributed by atoms with Crippen molar-refractivity contribution in [3.8, 4) is 0 Å². The second-order valence-electron chi connectivity index (χ2n) is 7.63. The molecule has 1 saturated heterocycles. The number of hydrogen-bond donors (Lipinski definition) is 2. The molecule has 160 valence electrons. The van der Waals surface area contributed by atoms with E-state index in [4.69, 9.17) is 9.47 Å². The molecule has 30 heavy (non-hydrogen) atoms. The van der Waals surface area contributed by atoms with Crippen molar-refractivity contribution in [2.45, 2.75) is 32.4 Å². The molecule has 0 saturated carbocycles. The van der Waals surface area contributed by atoms with Crippen LogP contribution < -0.4 is 10.2 Å². The maximum Gasteiger partial charge on any atom is 0.338 e. The first kappa shape index (κ1) is 22.0. The van der Waals surface area contributed by atoms with Crippen molar-refractivity contribution < 1.29 is 24.0 Å². The van der Waals surface area contributed by atoms with E-state index < -0.39 is 5.97 Å². The van der Waals surface area contributed by atoms with Crippen LogP contribution in [0.25, 0.3) is 0 Å². The Bertz CT molecular complexity index is 802. The minimum Gasteiger partial charge on any atom is -0.452 e. The molecule has 2 N–H and O–H groups in total. The van der Waals surface area contributed by atoms with Crippen LogP contribution in [-0.4, -0.2) is 44.8 Å². The fourth-order valence-electron chi connectivity index (χ4n) is 3.63. The Labute approximate surface area is 178 Å². The number of carbonyl (C=O) groups excluding carboxylic acids is 2. The highest BCUT2D eigenvalue weighted by molar-refractivity contribution is 5.91. The number of rotatable bonds is 9. The second kappa shape index (κ2) is 11.5. The number of nitrogens with one attached hydrogen (secondary N) is 2. The maximum absolute atomic E-state index is 12.3. The number of quaternary nitrogens is 1. The molecule has 6 nitrogen and oxygen atoms in total. The lowest BCUT2D eigenvalue weighted by atomic mass is 10.0. The van der Waals surface area contributed by atoms with Crippen LogP contribution in [0.3, 0.4) is 0 Å². The largest absolute Gasteiger partial charge is 0.452 e. The number of morpholine rings is 1. The van der Waals surface area contributed by atoms with E-state index in [-0.39, 0.29) is 18.6 Å². The average molecular weight is 412 g/mol. The van der Waals surface area contributed by atoms with Gasteiger partial charge in [0.05, 0.1) is 24.8 Å². The third-order valence-electron chi connectivity index (χ3n) is 5.29. The van der Waals surface area contributed by atoms with Gasteiger partial charge in [-0.25, -0.2) is 4.79 Å². The summed E-state index contributed by atoms with van der Waals surface area (Å²) in [5.41, 5.74) is 2.68. The van der Waals surface area contributed by atoms with E-state index in [2.05, 4.69) is 12.2 Å². The fraction of sp³-hybridized carbons (Fsp3) is 0.417. The zero-order chi connectivity index (χ0) is 21.2. The van der Waals surface area contributed by atoms with Gasteiger partial charge in [-0.2, -0.15) is 0 Å². The topological polar surface area (TPSA) is 69.1 Å². The highest BCUT2D eigenvalue weighted by Gasteiger charge is 2.17. The molecule has 1 heterocycles. The first-order chi connectivity index (χ1) is 14.7. The summed E-state index contributed by atoms with van der Waals surface area (Å²) in [7, 11) is 0. The third kappa shape index (κ3) is 6.68. The van der Waals surface area contributed by atoms with Crippen molar-refractivity contribution in [1.82, 2.24) is 5.32 Å². The van der Waals surface area contributed by atoms with Gasteiger partial charge in [-0.15, -0.1) is 0 Å². The molecule has 6 heteroatoms. The van der Waals surface area contributed by atoms with E-state index in [1.807, 2.05) is 42.5 Å². The van der Waals surface area contributed by atoms with Gasteiger partial charge in [-0.1, -0.05) is 55.8 Å². The van der Waals surface area contributed by atoms with E-state index in [0.29, 0.717) is 5.56 Å². The Morgan fingerprint density at radius 3 is 2.43 bits per heavy atom. The summed E-state index contributed by atoms with van der Waals surface area (Å²) in [5.74, 6) is -0.777. The number of hydrogen-bond acceptors (Lipinski definition) is 4. The smallest absolute Gasteiger partial charge is 0.338 e.